The Hall–Kier alpha value is -1.62. The number of hydrogen-bond donors (Lipinski definition) is 2. The highest BCUT2D eigenvalue weighted by Crippen LogP contribution is 2.21. The Bertz CT molecular complexity index is 380. The third-order valence-electron chi connectivity index (χ3n) is 2.48. The summed E-state index contributed by atoms with van der Waals surface area (Å²) in [5.41, 5.74) is 1.98. The van der Waals surface area contributed by atoms with Crippen LogP contribution in [-0.2, 0) is 0 Å². The number of rotatable bonds is 7. The van der Waals surface area contributed by atoms with Crippen LogP contribution in [0, 0.1) is 17.0 Å². The van der Waals surface area contributed by atoms with Crippen LogP contribution in [0.1, 0.15) is 18.9 Å². The van der Waals surface area contributed by atoms with Crippen molar-refractivity contribution in [2.24, 2.45) is 0 Å². The second-order valence-corrected chi connectivity index (χ2v) is 3.93. The predicted octanol–water partition coefficient (Wildman–Crippen LogP) is 2.31. The monoisotopic (exact) mass is 237 g/mol. The van der Waals surface area contributed by atoms with Gasteiger partial charge in [0.25, 0.3) is 5.69 Å². The standard InChI is InChI=1S/C12H19N3O2/c1-3-6-13-7-8-14-12-9-11(15(16)17)5-4-10(12)2/h4-5,9,13-14H,3,6-8H2,1-2H3. The summed E-state index contributed by atoms with van der Waals surface area (Å²) in [7, 11) is 0. The molecule has 0 aliphatic heterocycles. The largest absolute Gasteiger partial charge is 0.383 e. The van der Waals surface area contributed by atoms with Crippen molar-refractivity contribution in [2.75, 3.05) is 25.0 Å². The lowest BCUT2D eigenvalue weighted by Crippen LogP contribution is -2.22. The molecule has 5 heteroatoms. The summed E-state index contributed by atoms with van der Waals surface area (Å²) in [6.45, 7) is 6.67. The number of nitrogens with one attached hydrogen (secondary N) is 2. The van der Waals surface area contributed by atoms with Gasteiger partial charge in [0.2, 0.25) is 0 Å². The van der Waals surface area contributed by atoms with E-state index in [0.29, 0.717) is 0 Å². The summed E-state index contributed by atoms with van der Waals surface area (Å²) in [5.74, 6) is 0. The molecule has 0 atom stereocenters. The Morgan fingerprint density at radius 3 is 2.71 bits per heavy atom. The van der Waals surface area contributed by atoms with Gasteiger partial charge in [0, 0.05) is 30.9 Å². The van der Waals surface area contributed by atoms with E-state index in [9.17, 15) is 10.1 Å². The fourth-order valence-electron chi connectivity index (χ4n) is 1.50. The molecule has 17 heavy (non-hydrogen) atoms. The summed E-state index contributed by atoms with van der Waals surface area (Å²) in [6, 6.07) is 4.87. The average molecular weight is 237 g/mol. The SMILES string of the molecule is CCCNCCNc1cc([N+](=O)[O-])ccc1C. The van der Waals surface area contributed by atoms with Crippen LogP contribution in [0.5, 0.6) is 0 Å². The molecule has 0 aliphatic carbocycles. The number of nitro groups is 1. The van der Waals surface area contributed by atoms with Gasteiger partial charge < -0.3 is 10.6 Å². The Labute approximate surface area is 101 Å². The van der Waals surface area contributed by atoms with Crippen LogP contribution in [0.2, 0.25) is 0 Å². The molecule has 0 amide bonds. The Kier molecular flexibility index (Phi) is 5.42. The van der Waals surface area contributed by atoms with Gasteiger partial charge >= 0.3 is 0 Å². The lowest BCUT2D eigenvalue weighted by atomic mass is 10.2. The first-order chi connectivity index (χ1) is 8.15. The first-order valence-electron chi connectivity index (χ1n) is 5.84. The van der Waals surface area contributed by atoms with E-state index in [2.05, 4.69) is 17.6 Å². The van der Waals surface area contributed by atoms with Crippen LogP contribution in [0.4, 0.5) is 11.4 Å². The van der Waals surface area contributed by atoms with E-state index in [1.54, 1.807) is 12.1 Å². The lowest BCUT2D eigenvalue weighted by Gasteiger charge is -2.09. The number of anilines is 1. The van der Waals surface area contributed by atoms with Crippen molar-refractivity contribution in [1.29, 1.82) is 0 Å². The van der Waals surface area contributed by atoms with Crippen LogP contribution in [-0.4, -0.2) is 24.6 Å². The van der Waals surface area contributed by atoms with E-state index >= 15 is 0 Å². The third kappa shape index (κ3) is 4.40. The lowest BCUT2D eigenvalue weighted by molar-refractivity contribution is -0.384. The number of non-ortho nitro benzene ring substituents is 1. The quantitative estimate of drug-likeness (QED) is 0.434. The van der Waals surface area contributed by atoms with Gasteiger partial charge in [0.05, 0.1) is 4.92 Å². The maximum Gasteiger partial charge on any atom is 0.271 e. The molecule has 0 aliphatic rings. The molecule has 0 bridgehead atoms. The molecule has 94 valence electrons. The van der Waals surface area contributed by atoms with Crippen molar-refractivity contribution in [1.82, 2.24) is 5.32 Å². The van der Waals surface area contributed by atoms with E-state index in [1.807, 2.05) is 6.92 Å². The number of benzene rings is 1. The molecule has 0 spiro atoms. The van der Waals surface area contributed by atoms with E-state index in [4.69, 9.17) is 0 Å². The molecule has 0 heterocycles. The molecule has 0 unspecified atom stereocenters. The van der Waals surface area contributed by atoms with Crippen LogP contribution < -0.4 is 10.6 Å². The highest BCUT2D eigenvalue weighted by Gasteiger charge is 2.07. The maximum absolute atomic E-state index is 10.6. The smallest absolute Gasteiger partial charge is 0.271 e. The van der Waals surface area contributed by atoms with Crippen molar-refractivity contribution in [2.45, 2.75) is 20.3 Å². The molecule has 1 aromatic carbocycles. The summed E-state index contributed by atoms with van der Waals surface area (Å²) in [5, 5.41) is 17.1. The zero-order valence-electron chi connectivity index (χ0n) is 10.3. The molecular weight excluding hydrogens is 218 g/mol. The van der Waals surface area contributed by atoms with Gasteiger partial charge in [-0.2, -0.15) is 0 Å². The van der Waals surface area contributed by atoms with Crippen molar-refractivity contribution < 1.29 is 4.92 Å². The normalized spacial score (nSPS) is 10.2. The molecule has 0 fully saturated rings. The predicted molar refractivity (Wildman–Crippen MR) is 69.5 cm³/mol. The minimum absolute atomic E-state index is 0.125. The Balaban J connectivity index is 2.51. The number of aryl methyl sites for hydroxylation is 1. The molecule has 0 radical (unpaired) electrons. The summed E-state index contributed by atoms with van der Waals surface area (Å²) >= 11 is 0. The molecule has 1 rings (SSSR count). The van der Waals surface area contributed by atoms with Crippen molar-refractivity contribution >= 4 is 11.4 Å². The second-order valence-electron chi connectivity index (χ2n) is 3.93. The summed E-state index contributed by atoms with van der Waals surface area (Å²) in [4.78, 5) is 10.3. The fourth-order valence-corrected chi connectivity index (χ4v) is 1.50. The Morgan fingerprint density at radius 2 is 2.06 bits per heavy atom. The zero-order chi connectivity index (χ0) is 12.7. The molecule has 0 saturated carbocycles. The van der Waals surface area contributed by atoms with Crippen LogP contribution >= 0.6 is 0 Å². The highest BCUT2D eigenvalue weighted by molar-refractivity contribution is 5.56. The number of nitro benzene ring substituents is 1. The topological polar surface area (TPSA) is 67.2 Å². The van der Waals surface area contributed by atoms with E-state index in [-0.39, 0.29) is 10.6 Å². The van der Waals surface area contributed by atoms with Gasteiger partial charge in [-0.3, -0.25) is 10.1 Å². The second kappa shape index (κ2) is 6.85. The highest BCUT2D eigenvalue weighted by atomic mass is 16.6. The van der Waals surface area contributed by atoms with E-state index < -0.39 is 0 Å². The molecule has 1 aromatic rings. The van der Waals surface area contributed by atoms with Gasteiger partial charge in [-0.15, -0.1) is 0 Å². The molecule has 0 aromatic heterocycles. The van der Waals surface area contributed by atoms with Crippen LogP contribution in [0.15, 0.2) is 18.2 Å². The zero-order valence-corrected chi connectivity index (χ0v) is 10.3. The maximum atomic E-state index is 10.6. The average Bonchev–Trinajstić information content (AvgIpc) is 2.30. The number of hydrogen-bond acceptors (Lipinski definition) is 4. The van der Waals surface area contributed by atoms with Crippen LogP contribution in [0.3, 0.4) is 0 Å². The molecular formula is C12H19N3O2. The van der Waals surface area contributed by atoms with Crippen molar-refractivity contribution in [3.63, 3.8) is 0 Å². The van der Waals surface area contributed by atoms with Crippen molar-refractivity contribution in [3.05, 3.63) is 33.9 Å². The molecule has 0 saturated heterocycles. The Morgan fingerprint density at radius 1 is 1.29 bits per heavy atom. The van der Waals surface area contributed by atoms with Crippen LogP contribution in [0.25, 0.3) is 0 Å². The van der Waals surface area contributed by atoms with Gasteiger partial charge in [-0.05, 0) is 25.5 Å². The van der Waals surface area contributed by atoms with E-state index in [1.165, 1.54) is 6.07 Å². The van der Waals surface area contributed by atoms with Gasteiger partial charge in [0.15, 0.2) is 0 Å². The molecule has 5 nitrogen and oxygen atoms in total. The van der Waals surface area contributed by atoms with Crippen molar-refractivity contribution in [3.8, 4) is 0 Å². The number of nitrogens with zero attached hydrogens (tertiary/aromatic N) is 1. The van der Waals surface area contributed by atoms with E-state index in [0.717, 1.165) is 37.3 Å². The van der Waals surface area contributed by atoms with Gasteiger partial charge in [-0.1, -0.05) is 13.0 Å². The minimum Gasteiger partial charge on any atom is -0.383 e. The first-order valence-corrected chi connectivity index (χ1v) is 5.84. The minimum atomic E-state index is -0.375. The molecule has 2 N–H and O–H groups in total. The van der Waals surface area contributed by atoms with Gasteiger partial charge in [-0.25, -0.2) is 0 Å². The fraction of sp³-hybridized carbons (Fsp3) is 0.500. The first kappa shape index (κ1) is 13.4. The summed E-state index contributed by atoms with van der Waals surface area (Å²) < 4.78 is 0. The third-order valence-corrected chi connectivity index (χ3v) is 2.48. The summed E-state index contributed by atoms with van der Waals surface area (Å²) in [6.07, 6.45) is 1.11. The van der Waals surface area contributed by atoms with Gasteiger partial charge in [0.1, 0.15) is 0 Å².